The Hall–Kier alpha value is -3.00. The molecule has 2 aromatic heterocycles. The van der Waals surface area contributed by atoms with Crippen LogP contribution in [0.25, 0.3) is 0 Å². The zero-order chi connectivity index (χ0) is 18.2. The van der Waals surface area contributed by atoms with E-state index >= 15 is 0 Å². The van der Waals surface area contributed by atoms with Crippen LogP contribution in [0.2, 0.25) is 0 Å². The molecule has 2 N–H and O–H groups in total. The standard InChI is InChI=1S/C18H18N4O3S/c23-17(19-10-15-5-4-8-25-15)12-22-11-14(9-20-22)21-18(24)13-26-16-6-2-1-3-7-16/h1-9,11H,10,12-13H2,(H,19,23)(H,21,24). The van der Waals surface area contributed by atoms with E-state index in [1.165, 1.54) is 22.6 Å². The molecule has 2 amide bonds. The van der Waals surface area contributed by atoms with Crippen molar-refractivity contribution in [3.8, 4) is 0 Å². The van der Waals surface area contributed by atoms with Gasteiger partial charge in [-0.15, -0.1) is 11.8 Å². The van der Waals surface area contributed by atoms with E-state index in [1.807, 2.05) is 30.3 Å². The van der Waals surface area contributed by atoms with E-state index in [2.05, 4.69) is 15.7 Å². The summed E-state index contributed by atoms with van der Waals surface area (Å²) in [5.41, 5.74) is 0.558. The number of furan rings is 1. The minimum Gasteiger partial charge on any atom is -0.467 e. The Morgan fingerprint density at radius 2 is 1.96 bits per heavy atom. The molecular weight excluding hydrogens is 352 g/mol. The number of hydrogen-bond acceptors (Lipinski definition) is 5. The van der Waals surface area contributed by atoms with Crippen molar-refractivity contribution in [3.05, 3.63) is 66.9 Å². The molecule has 0 unspecified atom stereocenters. The summed E-state index contributed by atoms with van der Waals surface area (Å²) < 4.78 is 6.62. The number of aromatic nitrogens is 2. The summed E-state index contributed by atoms with van der Waals surface area (Å²) in [6.07, 6.45) is 4.70. The Balaban J connectivity index is 1.42. The molecule has 0 saturated heterocycles. The number of rotatable bonds is 8. The maximum Gasteiger partial charge on any atom is 0.242 e. The van der Waals surface area contributed by atoms with Gasteiger partial charge in [-0.1, -0.05) is 18.2 Å². The van der Waals surface area contributed by atoms with Crippen LogP contribution in [0.5, 0.6) is 0 Å². The fraction of sp³-hybridized carbons (Fsp3) is 0.167. The van der Waals surface area contributed by atoms with Gasteiger partial charge in [-0.05, 0) is 24.3 Å². The number of nitrogens with one attached hydrogen (secondary N) is 2. The highest BCUT2D eigenvalue weighted by Crippen LogP contribution is 2.17. The van der Waals surface area contributed by atoms with Crippen molar-refractivity contribution < 1.29 is 14.0 Å². The third-order valence-corrected chi connectivity index (χ3v) is 4.39. The topological polar surface area (TPSA) is 89.2 Å². The summed E-state index contributed by atoms with van der Waals surface area (Å²) in [4.78, 5) is 24.9. The van der Waals surface area contributed by atoms with Gasteiger partial charge in [0.05, 0.1) is 30.4 Å². The number of amides is 2. The summed E-state index contributed by atoms with van der Waals surface area (Å²) in [7, 11) is 0. The van der Waals surface area contributed by atoms with Gasteiger partial charge in [0.15, 0.2) is 0 Å². The zero-order valence-corrected chi connectivity index (χ0v) is 14.7. The van der Waals surface area contributed by atoms with Crippen molar-refractivity contribution in [1.82, 2.24) is 15.1 Å². The van der Waals surface area contributed by atoms with Crippen LogP contribution in [0, 0.1) is 0 Å². The smallest absolute Gasteiger partial charge is 0.242 e. The largest absolute Gasteiger partial charge is 0.467 e. The summed E-state index contributed by atoms with van der Waals surface area (Å²) in [5.74, 6) is 0.670. The van der Waals surface area contributed by atoms with Gasteiger partial charge in [-0.2, -0.15) is 5.10 Å². The molecule has 8 heteroatoms. The third kappa shape index (κ3) is 5.52. The number of thioether (sulfide) groups is 1. The number of hydrogen-bond donors (Lipinski definition) is 2. The first kappa shape index (κ1) is 17.8. The highest BCUT2D eigenvalue weighted by molar-refractivity contribution is 8.00. The van der Waals surface area contributed by atoms with Crippen LogP contribution in [0.3, 0.4) is 0 Å². The molecule has 0 fully saturated rings. The van der Waals surface area contributed by atoms with E-state index in [9.17, 15) is 9.59 Å². The van der Waals surface area contributed by atoms with Gasteiger partial charge in [0.25, 0.3) is 0 Å². The van der Waals surface area contributed by atoms with Gasteiger partial charge >= 0.3 is 0 Å². The minimum atomic E-state index is -0.193. The molecule has 0 aliphatic carbocycles. The number of anilines is 1. The Morgan fingerprint density at radius 3 is 2.73 bits per heavy atom. The predicted molar refractivity (Wildman–Crippen MR) is 98.6 cm³/mol. The van der Waals surface area contributed by atoms with E-state index in [-0.39, 0.29) is 18.4 Å². The molecule has 3 aromatic rings. The SMILES string of the molecule is O=C(Cn1cc(NC(=O)CSc2ccccc2)cn1)NCc1ccco1. The number of nitrogens with zero attached hydrogens (tertiary/aromatic N) is 2. The monoisotopic (exact) mass is 370 g/mol. The average Bonchev–Trinajstić information content (AvgIpc) is 3.31. The molecule has 0 spiro atoms. The van der Waals surface area contributed by atoms with Crippen LogP contribution in [0.15, 0.2) is 70.4 Å². The summed E-state index contributed by atoms with van der Waals surface area (Å²) in [6, 6.07) is 13.3. The molecule has 2 heterocycles. The quantitative estimate of drug-likeness (QED) is 0.595. The first-order valence-corrected chi connectivity index (χ1v) is 8.97. The van der Waals surface area contributed by atoms with Crippen molar-refractivity contribution in [2.45, 2.75) is 18.0 Å². The van der Waals surface area contributed by atoms with Crippen molar-refractivity contribution >= 4 is 29.3 Å². The van der Waals surface area contributed by atoms with Gasteiger partial charge < -0.3 is 15.1 Å². The predicted octanol–water partition coefficient (Wildman–Crippen LogP) is 2.52. The molecule has 26 heavy (non-hydrogen) atoms. The zero-order valence-electron chi connectivity index (χ0n) is 13.9. The lowest BCUT2D eigenvalue weighted by molar-refractivity contribution is -0.122. The maximum atomic E-state index is 12.0. The number of carbonyl (C=O) groups is 2. The van der Waals surface area contributed by atoms with Gasteiger partial charge in [-0.25, -0.2) is 0 Å². The normalized spacial score (nSPS) is 10.5. The second-order valence-electron chi connectivity index (χ2n) is 5.43. The summed E-state index contributed by atoms with van der Waals surface area (Å²) in [6.45, 7) is 0.392. The van der Waals surface area contributed by atoms with Crippen LogP contribution >= 0.6 is 11.8 Å². The molecule has 0 radical (unpaired) electrons. The summed E-state index contributed by atoms with van der Waals surface area (Å²) >= 11 is 1.46. The van der Waals surface area contributed by atoms with Crippen molar-refractivity contribution in [1.29, 1.82) is 0 Å². The molecule has 0 atom stereocenters. The molecule has 3 rings (SSSR count). The maximum absolute atomic E-state index is 12.0. The van der Waals surface area contributed by atoms with Gasteiger partial charge in [0.1, 0.15) is 12.3 Å². The molecular formula is C18H18N4O3S. The molecule has 0 saturated carbocycles. The van der Waals surface area contributed by atoms with Crippen LogP contribution in [-0.4, -0.2) is 27.3 Å². The molecule has 7 nitrogen and oxygen atoms in total. The van der Waals surface area contributed by atoms with Gasteiger partial charge in [-0.3, -0.25) is 14.3 Å². The Morgan fingerprint density at radius 1 is 1.12 bits per heavy atom. The van der Waals surface area contributed by atoms with Crippen LogP contribution in [0.1, 0.15) is 5.76 Å². The van der Waals surface area contributed by atoms with Crippen molar-refractivity contribution in [2.24, 2.45) is 0 Å². The Labute approximate surface area is 154 Å². The van der Waals surface area contributed by atoms with Crippen molar-refractivity contribution in [2.75, 3.05) is 11.1 Å². The second kappa shape index (κ2) is 8.91. The lowest BCUT2D eigenvalue weighted by Crippen LogP contribution is -2.27. The Kier molecular flexibility index (Phi) is 6.10. The van der Waals surface area contributed by atoms with E-state index in [0.717, 1.165) is 4.90 Å². The number of benzene rings is 1. The van der Waals surface area contributed by atoms with E-state index < -0.39 is 0 Å². The highest BCUT2D eigenvalue weighted by atomic mass is 32.2. The molecule has 1 aromatic carbocycles. The number of carbonyl (C=O) groups excluding carboxylic acids is 2. The van der Waals surface area contributed by atoms with E-state index in [1.54, 1.807) is 24.6 Å². The fourth-order valence-electron chi connectivity index (χ4n) is 2.18. The first-order chi connectivity index (χ1) is 12.7. The minimum absolute atomic E-state index is 0.0648. The van der Waals surface area contributed by atoms with Crippen LogP contribution in [-0.2, 0) is 22.7 Å². The fourth-order valence-corrected chi connectivity index (χ4v) is 2.90. The molecule has 0 bridgehead atoms. The van der Waals surface area contributed by atoms with Gasteiger partial charge in [0.2, 0.25) is 11.8 Å². The van der Waals surface area contributed by atoms with Gasteiger partial charge in [0, 0.05) is 11.1 Å². The first-order valence-electron chi connectivity index (χ1n) is 7.98. The van der Waals surface area contributed by atoms with Crippen LogP contribution in [0.4, 0.5) is 5.69 Å². The lowest BCUT2D eigenvalue weighted by atomic mass is 10.4. The Bertz CT molecular complexity index is 846. The van der Waals surface area contributed by atoms with Crippen molar-refractivity contribution in [3.63, 3.8) is 0 Å². The summed E-state index contributed by atoms with van der Waals surface area (Å²) in [5, 5.41) is 9.59. The molecule has 0 aliphatic rings. The lowest BCUT2D eigenvalue weighted by Gasteiger charge is -2.04. The molecule has 0 aliphatic heterocycles. The van der Waals surface area contributed by atoms with Crippen LogP contribution < -0.4 is 10.6 Å². The van der Waals surface area contributed by atoms with E-state index in [0.29, 0.717) is 23.7 Å². The second-order valence-corrected chi connectivity index (χ2v) is 6.48. The highest BCUT2D eigenvalue weighted by Gasteiger charge is 2.08. The molecule has 134 valence electrons. The third-order valence-electron chi connectivity index (χ3n) is 3.38. The van der Waals surface area contributed by atoms with E-state index in [4.69, 9.17) is 4.42 Å². The average molecular weight is 370 g/mol.